The Hall–Kier alpha value is -1.02. The van der Waals surface area contributed by atoms with Crippen LogP contribution in [0.2, 0.25) is 0 Å². The quantitative estimate of drug-likeness (QED) is 0.739. The zero-order valence-corrected chi connectivity index (χ0v) is 14.9. The van der Waals surface area contributed by atoms with E-state index in [1.165, 1.54) is 6.42 Å². The summed E-state index contributed by atoms with van der Waals surface area (Å²) in [6.07, 6.45) is 3.08. The summed E-state index contributed by atoms with van der Waals surface area (Å²) in [5.41, 5.74) is 1.30. The first-order chi connectivity index (χ1) is 10.6. The van der Waals surface area contributed by atoms with Crippen LogP contribution in [0.15, 0.2) is 6.07 Å². The molecule has 0 aliphatic carbocycles. The van der Waals surface area contributed by atoms with E-state index >= 15 is 0 Å². The van der Waals surface area contributed by atoms with Gasteiger partial charge in [0, 0.05) is 19.0 Å². The van der Waals surface area contributed by atoms with Crippen molar-refractivity contribution in [2.45, 2.75) is 32.2 Å². The van der Waals surface area contributed by atoms with E-state index in [1.54, 1.807) is 0 Å². The normalized spacial score (nSPS) is 20.7. The Balaban J connectivity index is 1.75. The van der Waals surface area contributed by atoms with E-state index in [0.29, 0.717) is 34.1 Å². The smallest absolute Gasteiger partial charge is 0.258 e. The summed E-state index contributed by atoms with van der Waals surface area (Å²) in [6, 6.07) is 2.29. The van der Waals surface area contributed by atoms with Gasteiger partial charge in [-0.2, -0.15) is 0 Å². The van der Waals surface area contributed by atoms with Crippen LogP contribution < -0.4 is 10.1 Å². The van der Waals surface area contributed by atoms with Gasteiger partial charge in [0.2, 0.25) is 0 Å². The first-order valence-electron chi connectivity index (χ1n) is 7.81. The topological polar surface area (TPSA) is 61.8 Å². The number of hydrogen-bond donors (Lipinski definition) is 2. The van der Waals surface area contributed by atoms with E-state index < -0.39 is 0 Å². The highest BCUT2D eigenvalue weighted by Crippen LogP contribution is 2.38. The number of aromatic hydroxyl groups is 1. The minimum atomic E-state index is -0.239. The molecular formula is C16H21IN2O3. The van der Waals surface area contributed by atoms with Gasteiger partial charge in [-0.1, -0.05) is 6.92 Å². The second-order valence-corrected chi connectivity index (χ2v) is 6.97. The molecule has 0 spiro atoms. The SMILES string of the molecule is CCN1CCC[C@H]1CNC(=O)c1c(O)c(I)cc2c1OCC2. The lowest BCUT2D eigenvalue weighted by Crippen LogP contribution is -2.40. The van der Waals surface area contributed by atoms with Crippen molar-refractivity contribution in [2.24, 2.45) is 0 Å². The Morgan fingerprint density at radius 3 is 3.18 bits per heavy atom. The first-order valence-corrected chi connectivity index (χ1v) is 8.89. The summed E-state index contributed by atoms with van der Waals surface area (Å²) in [7, 11) is 0. The molecule has 2 aliphatic heterocycles. The van der Waals surface area contributed by atoms with Gasteiger partial charge in [0.05, 0.1) is 10.2 Å². The summed E-state index contributed by atoms with van der Waals surface area (Å²) in [5.74, 6) is 0.337. The number of benzene rings is 1. The van der Waals surface area contributed by atoms with Gasteiger partial charge in [-0.25, -0.2) is 0 Å². The molecule has 0 saturated carbocycles. The molecule has 22 heavy (non-hydrogen) atoms. The molecule has 120 valence electrons. The lowest BCUT2D eigenvalue weighted by molar-refractivity contribution is 0.0935. The van der Waals surface area contributed by atoms with E-state index in [9.17, 15) is 9.90 Å². The van der Waals surface area contributed by atoms with Crippen LogP contribution in [0.3, 0.4) is 0 Å². The molecule has 1 amide bonds. The van der Waals surface area contributed by atoms with Crippen molar-refractivity contribution in [3.8, 4) is 11.5 Å². The third-order valence-corrected chi connectivity index (χ3v) is 5.35. The summed E-state index contributed by atoms with van der Waals surface area (Å²) in [6.45, 7) is 5.44. The zero-order valence-electron chi connectivity index (χ0n) is 12.7. The molecule has 5 nitrogen and oxygen atoms in total. The number of rotatable bonds is 4. The first kappa shape index (κ1) is 15.9. The Labute approximate surface area is 144 Å². The number of likely N-dealkylation sites (N-methyl/N-ethyl adjacent to an activating group) is 1. The number of likely N-dealkylation sites (tertiary alicyclic amines) is 1. The van der Waals surface area contributed by atoms with Gasteiger partial charge < -0.3 is 15.2 Å². The van der Waals surface area contributed by atoms with Crippen LogP contribution >= 0.6 is 22.6 Å². The molecule has 0 aromatic heterocycles. The molecule has 1 aromatic rings. The Kier molecular flexibility index (Phi) is 4.77. The summed E-state index contributed by atoms with van der Waals surface area (Å²) in [5, 5.41) is 13.2. The maximum absolute atomic E-state index is 12.6. The van der Waals surface area contributed by atoms with Crippen LogP contribution in [0.4, 0.5) is 0 Å². The third kappa shape index (κ3) is 2.90. The minimum absolute atomic E-state index is 0.0255. The number of amides is 1. The Morgan fingerprint density at radius 1 is 1.59 bits per heavy atom. The van der Waals surface area contributed by atoms with Gasteiger partial charge in [0.15, 0.2) is 0 Å². The second-order valence-electron chi connectivity index (χ2n) is 5.80. The van der Waals surface area contributed by atoms with Crippen molar-refractivity contribution in [1.82, 2.24) is 10.2 Å². The fourth-order valence-corrected chi connectivity index (χ4v) is 3.99. The van der Waals surface area contributed by atoms with Crippen molar-refractivity contribution < 1.29 is 14.6 Å². The van der Waals surface area contributed by atoms with Gasteiger partial charge in [-0.05, 0) is 60.2 Å². The Bertz CT molecular complexity index is 591. The number of phenolic OH excluding ortho intramolecular Hbond substituents is 1. The van der Waals surface area contributed by atoms with E-state index in [-0.39, 0.29) is 11.7 Å². The summed E-state index contributed by atoms with van der Waals surface area (Å²) < 4.78 is 6.26. The molecule has 2 N–H and O–H groups in total. The number of nitrogens with zero attached hydrogens (tertiary/aromatic N) is 1. The lowest BCUT2D eigenvalue weighted by atomic mass is 10.1. The maximum atomic E-state index is 12.6. The molecule has 3 rings (SSSR count). The van der Waals surface area contributed by atoms with Crippen molar-refractivity contribution >= 4 is 28.5 Å². The molecule has 0 bridgehead atoms. The highest BCUT2D eigenvalue weighted by Gasteiger charge is 2.28. The molecular weight excluding hydrogens is 395 g/mol. The largest absolute Gasteiger partial charge is 0.506 e. The number of hydrogen-bond acceptors (Lipinski definition) is 4. The Morgan fingerprint density at radius 2 is 2.41 bits per heavy atom. The maximum Gasteiger partial charge on any atom is 0.258 e. The fourth-order valence-electron chi connectivity index (χ4n) is 3.34. The standard InChI is InChI=1S/C16H21IN2O3/c1-2-19-6-3-4-11(19)9-18-16(21)13-14(20)12(17)8-10-5-7-22-15(10)13/h8,11,20H,2-7,9H2,1H3,(H,18,21)/t11-/m0/s1. The number of carbonyl (C=O) groups excluding carboxylic acids is 1. The highest BCUT2D eigenvalue weighted by atomic mass is 127. The average molecular weight is 416 g/mol. The summed E-state index contributed by atoms with van der Waals surface area (Å²) >= 11 is 2.06. The number of phenols is 1. The van der Waals surface area contributed by atoms with Crippen LogP contribution in [-0.4, -0.2) is 48.2 Å². The molecule has 1 aromatic carbocycles. The van der Waals surface area contributed by atoms with E-state index in [2.05, 4.69) is 39.7 Å². The van der Waals surface area contributed by atoms with Gasteiger partial charge >= 0.3 is 0 Å². The predicted molar refractivity (Wildman–Crippen MR) is 92.6 cm³/mol. The summed E-state index contributed by atoms with van der Waals surface area (Å²) in [4.78, 5) is 14.9. The van der Waals surface area contributed by atoms with Gasteiger partial charge in [-0.3, -0.25) is 9.69 Å². The number of ether oxygens (including phenoxy) is 1. The molecule has 0 radical (unpaired) electrons. The number of halogens is 1. The monoisotopic (exact) mass is 416 g/mol. The number of nitrogens with one attached hydrogen (secondary N) is 1. The van der Waals surface area contributed by atoms with Crippen molar-refractivity contribution in [2.75, 3.05) is 26.2 Å². The van der Waals surface area contributed by atoms with Crippen molar-refractivity contribution in [1.29, 1.82) is 0 Å². The molecule has 6 heteroatoms. The molecule has 1 fully saturated rings. The molecule has 2 heterocycles. The van der Waals surface area contributed by atoms with Crippen LogP contribution in [0.25, 0.3) is 0 Å². The molecule has 1 saturated heterocycles. The van der Waals surface area contributed by atoms with E-state index in [0.717, 1.165) is 31.5 Å². The van der Waals surface area contributed by atoms with Crippen molar-refractivity contribution in [3.05, 3.63) is 20.8 Å². The molecule has 0 unspecified atom stereocenters. The lowest BCUT2D eigenvalue weighted by Gasteiger charge is -2.23. The van der Waals surface area contributed by atoms with Crippen LogP contribution in [0.1, 0.15) is 35.7 Å². The second kappa shape index (κ2) is 6.62. The van der Waals surface area contributed by atoms with Gasteiger partial charge in [0.1, 0.15) is 17.1 Å². The molecule has 2 aliphatic rings. The predicted octanol–water partition coefficient (Wildman–Crippen LogP) is 2.15. The van der Waals surface area contributed by atoms with E-state index in [1.807, 2.05) is 6.07 Å². The molecule has 1 atom stereocenters. The van der Waals surface area contributed by atoms with Gasteiger partial charge in [-0.15, -0.1) is 0 Å². The van der Waals surface area contributed by atoms with Crippen molar-refractivity contribution in [3.63, 3.8) is 0 Å². The minimum Gasteiger partial charge on any atom is -0.506 e. The highest BCUT2D eigenvalue weighted by molar-refractivity contribution is 14.1. The third-order valence-electron chi connectivity index (χ3n) is 4.53. The van der Waals surface area contributed by atoms with Crippen LogP contribution in [0.5, 0.6) is 11.5 Å². The number of carbonyl (C=O) groups is 1. The van der Waals surface area contributed by atoms with Crippen LogP contribution in [-0.2, 0) is 6.42 Å². The average Bonchev–Trinajstić information content (AvgIpc) is 3.14. The van der Waals surface area contributed by atoms with E-state index in [4.69, 9.17) is 4.74 Å². The zero-order chi connectivity index (χ0) is 15.7. The van der Waals surface area contributed by atoms with Gasteiger partial charge in [0.25, 0.3) is 5.91 Å². The number of fused-ring (bicyclic) bond motifs is 1. The van der Waals surface area contributed by atoms with Crippen LogP contribution in [0, 0.1) is 3.57 Å². The fraction of sp³-hybridized carbons (Fsp3) is 0.562.